The largest absolute Gasteiger partial charge is 0.206 e. The molecule has 0 heterocycles. The number of benzene rings is 5. The fraction of sp³-hybridized carbons (Fsp3) is 0.0303. The van der Waals surface area contributed by atoms with Gasteiger partial charge >= 0.3 is 0 Å². The van der Waals surface area contributed by atoms with Crippen LogP contribution < -0.4 is 0 Å². The van der Waals surface area contributed by atoms with Crippen molar-refractivity contribution in [2.24, 2.45) is 0 Å². The second-order valence-electron chi connectivity index (χ2n) is 9.33. The first-order chi connectivity index (χ1) is 19.5. The summed E-state index contributed by atoms with van der Waals surface area (Å²) in [5, 5.41) is 0. The molecule has 0 saturated heterocycles. The summed E-state index contributed by atoms with van der Waals surface area (Å²) in [5.41, 5.74) is 0.396. The Morgan fingerprint density at radius 1 is 0.439 bits per heavy atom. The van der Waals surface area contributed by atoms with E-state index in [0.717, 1.165) is 35.4 Å². The van der Waals surface area contributed by atoms with Crippen LogP contribution in [0.1, 0.15) is 16.7 Å². The van der Waals surface area contributed by atoms with Gasteiger partial charge in [-0.3, -0.25) is 0 Å². The highest BCUT2D eigenvalue weighted by molar-refractivity contribution is 5.85. The van der Waals surface area contributed by atoms with Gasteiger partial charge in [-0.2, -0.15) is 0 Å². The first-order valence-electron chi connectivity index (χ1n) is 12.2. The molecule has 0 nitrogen and oxygen atoms in total. The van der Waals surface area contributed by atoms with Gasteiger partial charge in [0.1, 0.15) is 17.5 Å². The van der Waals surface area contributed by atoms with E-state index in [1.165, 1.54) is 18.2 Å². The van der Waals surface area contributed by atoms with Crippen molar-refractivity contribution in [2.45, 2.75) is 6.92 Å². The summed E-state index contributed by atoms with van der Waals surface area (Å²) in [5.74, 6) is -11.1. The average Bonchev–Trinajstić information content (AvgIpc) is 2.95. The molecule has 0 bridgehead atoms. The number of hydrogen-bond acceptors (Lipinski definition) is 0. The maximum atomic E-state index is 15.0. The summed E-state index contributed by atoms with van der Waals surface area (Å²) in [6.07, 6.45) is 0. The van der Waals surface area contributed by atoms with E-state index in [2.05, 4.69) is 0 Å². The van der Waals surface area contributed by atoms with Crippen LogP contribution in [-0.2, 0) is 0 Å². The van der Waals surface area contributed by atoms with Gasteiger partial charge < -0.3 is 0 Å². The minimum Gasteiger partial charge on any atom is -0.206 e. The molecule has 8 heteroatoms. The fourth-order valence-electron chi connectivity index (χ4n) is 4.38. The molecule has 5 aromatic carbocycles. The molecule has 0 amide bonds. The number of rotatable bonds is 5. The summed E-state index contributed by atoms with van der Waals surface area (Å²) in [7, 11) is 0. The second-order valence-corrected chi connectivity index (χ2v) is 9.33. The Morgan fingerprint density at radius 3 is 1.56 bits per heavy atom. The molecule has 0 aliphatic carbocycles. The van der Waals surface area contributed by atoms with Gasteiger partial charge in [-0.1, -0.05) is 60.2 Å². The topological polar surface area (TPSA) is 0 Å². The Kier molecular flexibility index (Phi) is 7.49. The molecule has 0 aliphatic rings. The number of hydrogen-bond donors (Lipinski definition) is 0. The van der Waals surface area contributed by atoms with E-state index in [9.17, 15) is 35.1 Å². The van der Waals surface area contributed by atoms with Gasteiger partial charge in [0.2, 0.25) is 0 Å². The Bertz CT molecular complexity index is 1800. The molecule has 0 spiro atoms. The van der Waals surface area contributed by atoms with Crippen LogP contribution in [0.2, 0.25) is 0 Å². The fourth-order valence-corrected chi connectivity index (χ4v) is 4.38. The lowest BCUT2D eigenvalue weighted by Gasteiger charge is -2.10. The summed E-state index contributed by atoms with van der Waals surface area (Å²) in [4.78, 5) is 0. The Balaban J connectivity index is 1.44. The molecule has 0 atom stereocenters. The minimum atomic E-state index is -1.74. The van der Waals surface area contributed by atoms with Crippen LogP contribution in [0.5, 0.6) is 0 Å². The lowest BCUT2D eigenvalue weighted by Crippen LogP contribution is -1.95. The molecule has 41 heavy (non-hydrogen) atoms. The standard InChI is InChI=1S/C33H18F8/c1-17-2-4-18(5-3-17)19-6-9-23(26(34)12-19)20-7-11-25(28(36)13-20)32(40)31(39)21-8-10-24(27(35)14-21)22-15-29(37)33(41)30(38)16-22/h2-16H,1H3/b32-31+. The second kappa shape index (κ2) is 11.0. The summed E-state index contributed by atoms with van der Waals surface area (Å²) >= 11 is 0. The van der Waals surface area contributed by atoms with Crippen molar-refractivity contribution in [3.8, 4) is 33.4 Å². The van der Waals surface area contributed by atoms with Crippen molar-refractivity contribution in [3.63, 3.8) is 0 Å². The summed E-state index contributed by atoms with van der Waals surface area (Å²) in [6.45, 7) is 1.92. The van der Waals surface area contributed by atoms with Gasteiger partial charge in [0.15, 0.2) is 29.1 Å². The van der Waals surface area contributed by atoms with Crippen molar-refractivity contribution in [2.75, 3.05) is 0 Å². The van der Waals surface area contributed by atoms with Gasteiger partial charge in [0.05, 0.1) is 0 Å². The first kappa shape index (κ1) is 27.8. The smallest absolute Gasteiger partial charge is 0.194 e. The molecule has 0 fully saturated rings. The summed E-state index contributed by atoms with van der Waals surface area (Å²) < 4.78 is 115. The molecule has 0 aromatic heterocycles. The lowest BCUT2D eigenvalue weighted by atomic mass is 9.97. The molecule has 5 rings (SSSR count). The van der Waals surface area contributed by atoms with Crippen LogP contribution in [0.3, 0.4) is 0 Å². The van der Waals surface area contributed by atoms with Crippen molar-refractivity contribution < 1.29 is 35.1 Å². The number of halogens is 8. The van der Waals surface area contributed by atoms with E-state index in [1.54, 1.807) is 6.07 Å². The first-order valence-corrected chi connectivity index (χ1v) is 12.2. The van der Waals surface area contributed by atoms with Crippen molar-refractivity contribution in [1.82, 2.24) is 0 Å². The third kappa shape index (κ3) is 5.50. The highest BCUT2D eigenvalue weighted by atomic mass is 19.2. The van der Waals surface area contributed by atoms with Gasteiger partial charge in [0, 0.05) is 22.3 Å². The quantitative estimate of drug-likeness (QED) is 0.113. The van der Waals surface area contributed by atoms with E-state index >= 15 is 0 Å². The van der Waals surface area contributed by atoms with E-state index < -0.39 is 63.2 Å². The van der Waals surface area contributed by atoms with E-state index in [-0.39, 0.29) is 16.7 Å². The lowest BCUT2D eigenvalue weighted by molar-refractivity contribution is 0.447. The molecule has 0 aliphatic heterocycles. The maximum Gasteiger partial charge on any atom is 0.194 e. The molecule has 0 N–H and O–H groups in total. The monoisotopic (exact) mass is 566 g/mol. The highest BCUT2D eigenvalue weighted by Gasteiger charge is 2.20. The molecule has 0 saturated carbocycles. The highest BCUT2D eigenvalue weighted by Crippen LogP contribution is 2.35. The Labute approximate surface area is 229 Å². The predicted octanol–water partition coefficient (Wildman–Crippen LogP) is 10.6. The minimum absolute atomic E-state index is 0.0440. The van der Waals surface area contributed by atoms with E-state index in [1.807, 2.05) is 31.2 Å². The molecule has 0 unspecified atom stereocenters. The molecular formula is C33H18F8. The summed E-state index contributed by atoms with van der Waals surface area (Å²) in [6, 6.07) is 18.4. The van der Waals surface area contributed by atoms with E-state index in [0.29, 0.717) is 23.8 Å². The van der Waals surface area contributed by atoms with Crippen molar-refractivity contribution in [1.29, 1.82) is 0 Å². The van der Waals surface area contributed by atoms with Crippen molar-refractivity contribution in [3.05, 3.63) is 143 Å². The van der Waals surface area contributed by atoms with Gasteiger partial charge in [-0.15, -0.1) is 0 Å². The predicted molar refractivity (Wildman–Crippen MR) is 143 cm³/mol. The normalized spacial score (nSPS) is 11.9. The van der Waals surface area contributed by atoms with Crippen LogP contribution in [-0.4, -0.2) is 0 Å². The SMILES string of the molecule is Cc1ccc(-c2ccc(-c3ccc(/C(F)=C(\F)c4ccc(-c5cc(F)c(F)c(F)c5)c(F)c4)c(F)c3)c(F)c2)cc1. The molecular weight excluding hydrogens is 548 g/mol. The van der Waals surface area contributed by atoms with Gasteiger partial charge in [-0.05, 0) is 65.6 Å². The van der Waals surface area contributed by atoms with E-state index in [4.69, 9.17) is 0 Å². The van der Waals surface area contributed by atoms with Crippen molar-refractivity contribution >= 4 is 11.7 Å². The molecule has 5 aromatic rings. The number of aryl methyl sites for hydroxylation is 1. The Morgan fingerprint density at radius 2 is 0.951 bits per heavy atom. The maximum absolute atomic E-state index is 15.0. The van der Waals surface area contributed by atoms with Crippen LogP contribution >= 0.6 is 0 Å². The Hall–Kier alpha value is -4.72. The van der Waals surface area contributed by atoms with Crippen LogP contribution in [0.25, 0.3) is 45.0 Å². The van der Waals surface area contributed by atoms with Crippen LogP contribution in [0.15, 0.2) is 91.0 Å². The van der Waals surface area contributed by atoms with Gasteiger partial charge in [0.25, 0.3) is 0 Å². The third-order valence-corrected chi connectivity index (χ3v) is 6.58. The zero-order valence-electron chi connectivity index (χ0n) is 21.2. The van der Waals surface area contributed by atoms with Crippen LogP contribution in [0, 0.1) is 41.8 Å². The van der Waals surface area contributed by atoms with Gasteiger partial charge in [-0.25, -0.2) is 35.1 Å². The molecule has 206 valence electrons. The zero-order valence-corrected chi connectivity index (χ0v) is 21.2. The third-order valence-electron chi connectivity index (χ3n) is 6.58. The average molecular weight is 566 g/mol. The zero-order chi connectivity index (χ0) is 29.4. The molecule has 0 radical (unpaired) electrons. The van der Waals surface area contributed by atoms with Crippen LogP contribution in [0.4, 0.5) is 35.1 Å².